The fourth-order valence-corrected chi connectivity index (χ4v) is 2.14. The normalized spacial score (nSPS) is 13.2. The molecule has 0 fully saturated rings. The van der Waals surface area contributed by atoms with Gasteiger partial charge in [-0.15, -0.1) is 0 Å². The molecule has 0 amide bonds. The highest BCUT2D eigenvalue weighted by Gasteiger charge is 2.30. The number of aromatic amines is 1. The van der Waals surface area contributed by atoms with Crippen LogP contribution in [0.4, 0.5) is 19.0 Å². The second-order valence-corrected chi connectivity index (χ2v) is 4.87. The van der Waals surface area contributed by atoms with Gasteiger partial charge in [-0.05, 0) is 17.7 Å². The van der Waals surface area contributed by atoms with E-state index in [1.165, 1.54) is 24.7 Å². The number of H-pyrrole nitrogens is 1. The van der Waals surface area contributed by atoms with Crippen LogP contribution in [0.5, 0.6) is 0 Å². The summed E-state index contributed by atoms with van der Waals surface area (Å²) in [7, 11) is 0. The second-order valence-electron chi connectivity index (χ2n) is 4.87. The number of rotatable bonds is 4. The topological polar surface area (TPSA) is 86.7 Å². The molecule has 0 aliphatic carbocycles. The van der Waals surface area contributed by atoms with Crippen LogP contribution in [-0.2, 0) is 6.18 Å². The van der Waals surface area contributed by atoms with Crippen molar-refractivity contribution < 1.29 is 18.3 Å². The van der Waals surface area contributed by atoms with E-state index in [9.17, 15) is 18.3 Å². The van der Waals surface area contributed by atoms with Crippen LogP contribution < -0.4 is 5.32 Å². The predicted molar refractivity (Wildman–Crippen MR) is 76.6 cm³/mol. The van der Waals surface area contributed by atoms with Gasteiger partial charge in [0.05, 0.1) is 23.3 Å². The molecule has 0 unspecified atom stereocenters. The van der Waals surface area contributed by atoms with Crippen molar-refractivity contribution in [3.8, 4) is 0 Å². The summed E-state index contributed by atoms with van der Waals surface area (Å²) >= 11 is 0. The third kappa shape index (κ3) is 3.24. The molecule has 0 spiro atoms. The maximum atomic E-state index is 12.7. The third-order valence-electron chi connectivity index (χ3n) is 3.31. The number of aliphatic hydroxyl groups excluding tert-OH is 1. The number of aromatic nitrogens is 4. The van der Waals surface area contributed by atoms with Crippen LogP contribution in [-0.4, -0.2) is 31.8 Å². The predicted octanol–water partition coefficient (Wildman–Crippen LogP) is 2.52. The molecule has 0 bridgehead atoms. The minimum atomic E-state index is -4.45. The molecule has 0 aliphatic rings. The standard InChI is InChI=1S/C14H12F3N5O/c15-14(16,17)9-3-1-2-8(4-9)11(23)6-18-12-10-5-21-22-13(10)20-7-19-12/h1-5,7,11,23H,6H2,(H2,18,19,20,21,22)/t11-/m0/s1. The second kappa shape index (κ2) is 5.84. The number of alkyl halides is 3. The largest absolute Gasteiger partial charge is 0.416 e. The van der Waals surface area contributed by atoms with Crippen LogP contribution in [0.25, 0.3) is 11.0 Å². The molecule has 0 aliphatic heterocycles. The average molecular weight is 323 g/mol. The summed E-state index contributed by atoms with van der Waals surface area (Å²) in [4.78, 5) is 8.00. The van der Waals surface area contributed by atoms with Crippen molar-refractivity contribution in [3.63, 3.8) is 0 Å². The molecule has 2 heterocycles. The van der Waals surface area contributed by atoms with Crippen molar-refractivity contribution in [2.24, 2.45) is 0 Å². The van der Waals surface area contributed by atoms with Crippen molar-refractivity contribution in [1.29, 1.82) is 0 Å². The summed E-state index contributed by atoms with van der Waals surface area (Å²) in [5.41, 5.74) is -0.103. The number of benzene rings is 1. The number of fused-ring (bicyclic) bond motifs is 1. The summed E-state index contributed by atoms with van der Waals surface area (Å²) in [6, 6.07) is 4.60. The van der Waals surface area contributed by atoms with E-state index in [-0.39, 0.29) is 12.1 Å². The Kier molecular flexibility index (Phi) is 3.87. The van der Waals surface area contributed by atoms with E-state index < -0.39 is 17.8 Å². The Labute approximate surface area is 128 Å². The Bertz CT molecular complexity index is 817. The number of nitrogens with one attached hydrogen (secondary N) is 2. The molecule has 1 atom stereocenters. The van der Waals surface area contributed by atoms with E-state index in [1.807, 2.05) is 0 Å². The van der Waals surface area contributed by atoms with Crippen molar-refractivity contribution in [2.45, 2.75) is 12.3 Å². The molecule has 3 N–H and O–H groups in total. The van der Waals surface area contributed by atoms with E-state index in [2.05, 4.69) is 25.5 Å². The number of anilines is 1. The maximum Gasteiger partial charge on any atom is 0.416 e. The van der Waals surface area contributed by atoms with E-state index in [1.54, 1.807) is 0 Å². The van der Waals surface area contributed by atoms with Gasteiger partial charge in [-0.25, -0.2) is 9.97 Å². The molecule has 2 aromatic heterocycles. The molecule has 1 aromatic carbocycles. The Balaban J connectivity index is 1.75. The summed E-state index contributed by atoms with van der Waals surface area (Å²) < 4.78 is 38.1. The molecule has 3 rings (SSSR count). The van der Waals surface area contributed by atoms with Gasteiger partial charge in [-0.3, -0.25) is 5.10 Å². The van der Waals surface area contributed by atoms with Gasteiger partial charge >= 0.3 is 6.18 Å². The smallest absolute Gasteiger partial charge is 0.387 e. The van der Waals surface area contributed by atoms with E-state index >= 15 is 0 Å². The van der Waals surface area contributed by atoms with Crippen molar-refractivity contribution in [2.75, 3.05) is 11.9 Å². The fraction of sp³-hybridized carbons (Fsp3) is 0.214. The molecular weight excluding hydrogens is 311 g/mol. The highest BCUT2D eigenvalue weighted by Crippen LogP contribution is 2.30. The molecule has 0 saturated heterocycles. The number of nitrogens with zero attached hydrogens (tertiary/aromatic N) is 3. The first-order chi connectivity index (χ1) is 10.9. The van der Waals surface area contributed by atoms with Crippen LogP contribution in [0, 0.1) is 0 Å². The van der Waals surface area contributed by atoms with Gasteiger partial charge in [0.25, 0.3) is 0 Å². The van der Waals surface area contributed by atoms with Crippen molar-refractivity contribution >= 4 is 16.9 Å². The molecule has 3 aromatic rings. The van der Waals surface area contributed by atoms with E-state index in [4.69, 9.17) is 0 Å². The zero-order valence-corrected chi connectivity index (χ0v) is 11.7. The molecule has 23 heavy (non-hydrogen) atoms. The first-order valence-corrected chi connectivity index (χ1v) is 6.68. The minimum absolute atomic E-state index is 0.00139. The lowest BCUT2D eigenvalue weighted by Crippen LogP contribution is -2.14. The van der Waals surface area contributed by atoms with Gasteiger partial charge in [0.2, 0.25) is 0 Å². The number of aliphatic hydroxyl groups is 1. The highest BCUT2D eigenvalue weighted by molar-refractivity contribution is 5.85. The number of halogens is 3. The van der Waals surface area contributed by atoms with Crippen LogP contribution in [0.3, 0.4) is 0 Å². The third-order valence-corrected chi connectivity index (χ3v) is 3.31. The first-order valence-electron chi connectivity index (χ1n) is 6.68. The van der Waals surface area contributed by atoms with Gasteiger partial charge < -0.3 is 10.4 Å². The Morgan fingerprint density at radius 3 is 2.87 bits per heavy atom. The van der Waals surface area contributed by atoms with Gasteiger partial charge in [0, 0.05) is 6.54 Å². The van der Waals surface area contributed by atoms with Gasteiger partial charge in [-0.2, -0.15) is 18.3 Å². The van der Waals surface area contributed by atoms with Crippen LogP contribution in [0.2, 0.25) is 0 Å². The van der Waals surface area contributed by atoms with Crippen LogP contribution in [0.15, 0.2) is 36.8 Å². The monoisotopic (exact) mass is 323 g/mol. The average Bonchev–Trinajstić information content (AvgIpc) is 3.01. The minimum Gasteiger partial charge on any atom is -0.387 e. The van der Waals surface area contributed by atoms with E-state index in [0.29, 0.717) is 16.9 Å². The quantitative estimate of drug-likeness (QED) is 0.687. The highest BCUT2D eigenvalue weighted by atomic mass is 19.4. The molecule has 120 valence electrons. The molecule has 0 radical (unpaired) electrons. The zero-order valence-electron chi connectivity index (χ0n) is 11.7. The van der Waals surface area contributed by atoms with Crippen molar-refractivity contribution in [3.05, 3.63) is 47.9 Å². The lowest BCUT2D eigenvalue weighted by Gasteiger charge is -2.15. The number of hydrogen-bond acceptors (Lipinski definition) is 5. The molecule has 0 saturated carbocycles. The van der Waals surface area contributed by atoms with Gasteiger partial charge in [-0.1, -0.05) is 12.1 Å². The van der Waals surface area contributed by atoms with Gasteiger partial charge in [0.1, 0.15) is 12.1 Å². The Hall–Kier alpha value is -2.68. The van der Waals surface area contributed by atoms with Gasteiger partial charge in [0.15, 0.2) is 5.65 Å². The summed E-state index contributed by atoms with van der Waals surface area (Å²) in [5.74, 6) is 0.440. The zero-order chi connectivity index (χ0) is 16.4. The maximum absolute atomic E-state index is 12.7. The first kappa shape index (κ1) is 15.2. The summed E-state index contributed by atoms with van der Waals surface area (Å²) in [5, 5.41) is 20.1. The van der Waals surface area contributed by atoms with Crippen molar-refractivity contribution in [1.82, 2.24) is 20.2 Å². The Morgan fingerprint density at radius 1 is 1.26 bits per heavy atom. The lowest BCUT2D eigenvalue weighted by atomic mass is 10.1. The lowest BCUT2D eigenvalue weighted by molar-refractivity contribution is -0.137. The Morgan fingerprint density at radius 2 is 2.09 bits per heavy atom. The van der Waals surface area contributed by atoms with Crippen LogP contribution in [0.1, 0.15) is 17.2 Å². The van der Waals surface area contributed by atoms with Crippen LogP contribution >= 0.6 is 0 Å². The SMILES string of the molecule is O[C@@H](CNc1ncnc2[nH]ncc12)c1cccc(C(F)(F)F)c1. The van der Waals surface area contributed by atoms with E-state index in [0.717, 1.165) is 12.1 Å². The summed E-state index contributed by atoms with van der Waals surface area (Å²) in [6.07, 6.45) is -2.72. The molecule has 6 nitrogen and oxygen atoms in total. The fourth-order valence-electron chi connectivity index (χ4n) is 2.14. The number of hydrogen-bond donors (Lipinski definition) is 3. The molecule has 9 heteroatoms. The molecular formula is C14H12F3N5O. The summed E-state index contributed by atoms with van der Waals surface area (Å²) in [6.45, 7) is -0.00139.